The smallest absolute Gasteiger partial charge is 0.162 e. The van der Waals surface area contributed by atoms with Crippen LogP contribution in [0.2, 0.25) is 0 Å². The number of ether oxygens (including phenoxy) is 2. The fourth-order valence-electron chi connectivity index (χ4n) is 1.47. The van der Waals surface area contributed by atoms with Crippen molar-refractivity contribution in [2.75, 3.05) is 19.8 Å². The van der Waals surface area contributed by atoms with E-state index in [0.717, 1.165) is 18.1 Å². The Morgan fingerprint density at radius 1 is 1.25 bits per heavy atom. The molecule has 0 spiro atoms. The lowest BCUT2D eigenvalue weighted by atomic mass is 10.1. The molecule has 1 rings (SSSR count). The first-order valence-corrected chi connectivity index (χ1v) is 7.22. The zero-order chi connectivity index (χ0) is 15.0. The molecular formula is C15H28N2O3. The minimum Gasteiger partial charge on any atom is -0.379 e. The van der Waals surface area contributed by atoms with E-state index in [9.17, 15) is 0 Å². The zero-order valence-corrected chi connectivity index (χ0v) is 13.4. The Hall–Kier alpha value is -0.910. The predicted molar refractivity (Wildman–Crippen MR) is 78.4 cm³/mol. The van der Waals surface area contributed by atoms with Gasteiger partial charge in [-0.1, -0.05) is 19.0 Å². The Morgan fingerprint density at radius 3 is 2.60 bits per heavy atom. The number of hydrogen-bond donors (Lipinski definition) is 1. The molecule has 0 bridgehead atoms. The Balaban J connectivity index is 2.14. The monoisotopic (exact) mass is 284 g/mol. The molecule has 0 fully saturated rings. The van der Waals surface area contributed by atoms with Crippen LogP contribution >= 0.6 is 0 Å². The first-order chi connectivity index (χ1) is 9.37. The van der Waals surface area contributed by atoms with Crippen molar-refractivity contribution in [2.24, 2.45) is 5.92 Å². The molecule has 0 aliphatic rings. The maximum Gasteiger partial charge on any atom is 0.162 e. The van der Waals surface area contributed by atoms with Crippen molar-refractivity contribution in [3.63, 3.8) is 0 Å². The molecule has 1 heterocycles. The van der Waals surface area contributed by atoms with E-state index in [0.29, 0.717) is 32.3 Å². The van der Waals surface area contributed by atoms with E-state index in [4.69, 9.17) is 14.0 Å². The van der Waals surface area contributed by atoms with Gasteiger partial charge < -0.3 is 19.3 Å². The maximum absolute atomic E-state index is 5.48. The van der Waals surface area contributed by atoms with Gasteiger partial charge in [0.15, 0.2) is 5.76 Å². The lowest BCUT2D eigenvalue weighted by Crippen LogP contribution is -2.35. The standard InChI is InChI=1S/C15H28N2O3/c1-12(2)10-18-6-7-19-11-14-8-13(17-20-14)9-16-15(3,4)5/h8,12,16H,6-7,9-11H2,1-5H3. The summed E-state index contributed by atoms with van der Waals surface area (Å²) in [7, 11) is 0. The van der Waals surface area contributed by atoms with E-state index in [1.165, 1.54) is 0 Å². The van der Waals surface area contributed by atoms with Crippen LogP contribution in [0, 0.1) is 5.92 Å². The van der Waals surface area contributed by atoms with Crippen molar-refractivity contribution in [1.82, 2.24) is 10.5 Å². The summed E-state index contributed by atoms with van der Waals surface area (Å²) < 4.78 is 16.1. The van der Waals surface area contributed by atoms with Crippen LogP contribution in [0.1, 0.15) is 46.1 Å². The van der Waals surface area contributed by atoms with Gasteiger partial charge in [0.1, 0.15) is 6.61 Å². The molecule has 116 valence electrons. The summed E-state index contributed by atoms with van der Waals surface area (Å²) in [6.07, 6.45) is 0. The van der Waals surface area contributed by atoms with Gasteiger partial charge in [0, 0.05) is 24.8 Å². The molecule has 1 aromatic rings. The molecular weight excluding hydrogens is 256 g/mol. The van der Waals surface area contributed by atoms with E-state index in [1.54, 1.807) is 0 Å². The topological polar surface area (TPSA) is 56.5 Å². The molecule has 0 aliphatic carbocycles. The summed E-state index contributed by atoms with van der Waals surface area (Å²) in [6, 6.07) is 1.92. The maximum atomic E-state index is 5.48. The van der Waals surface area contributed by atoms with Crippen LogP contribution in [0.3, 0.4) is 0 Å². The number of hydrogen-bond acceptors (Lipinski definition) is 5. The summed E-state index contributed by atoms with van der Waals surface area (Å²) in [4.78, 5) is 0. The third-order valence-corrected chi connectivity index (χ3v) is 2.48. The van der Waals surface area contributed by atoms with Crippen LogP contribution in [0.15, 0.2) is 10.6 Å². The molecule has 0 aliphatic heterocycles. The average molecular weight is 284 g/mol. The lowest BCUT2D eigenvalue weighted by molar-refractivity contribution is 0.0250. The van der Waals surface area contributed by atoms with Crippen molar-refractivity contribution >= 4 is 0 Å². The van der Waals surface area contributed by atoms with Gasteiger partial charge in [-0.3, -0.25) is 0 Å². The van der Waals surface area contributed by atoms with E-state index < -0.39 is 0 Å². The van der Waals surface area contributed by atoms with Gasteiger partial charge in [-0.15, -0.1) is 0 Å². The molecule has 5 nitrogen and oxygen atoms in total. The molecule has 1 N–H and O–H groups in total. The summed E-state index contributed by atoms with van der Waals surface area (Å²) >= 11 is 0. The number of rotatable bonds is 9. The zero-order valence-electron chi connectivity index (χ0n) is 13.4. The second kappa shape index (κ2) is 8.39. The van der Waals surface area contributed by atoms with E-state index in [1.807, 2.05) is 6.07 Å². The summed E-state index contributed by atoms with van der Waals surface area (Å²) in [5, 5.41) is 7.37. The third-order valence-electron chi connectivity index (χ3n) is 2.48. The normalized spacial score (nSPS) is 12.3. The van der Waals surface area contributed by atoms with Crippen molar-refractivity contribution in [2.45, 2.75) is 53.3 Å². The second-order valence-corrected chi connectivity index (χ2v) is 6.41. The highest BCUT2D eigenvalue weighted by Gasteiger charge is 2.11. The highest BCUT2D eigenvalue weighted by molar-refractivity contribution is 5.04. The summed E-state index contributed by atoms with van der Waals surface area (Å²) in [6.45, 7) is 13.7. The van der Waals surface area contributed by atoms with Crippen molar-refractivity contribution in [3.8, 4) is 0 Å². The van der Waals surface area contributed by atoms with Crippen LogP contribution < -0.4 is 5.32 Å². The average Bonchev–Trinajstić information content (AvgIpc) is 2.78. The van der Waals surface area contributed by atoms with Gasteiger partial charge in [-0.2, -0.15) is 0 Å². The number of aromatic nitrogens is 1. The number of nitrogens with one attached hydrogen (secondary N) is 1. The van der Waals surface area contributed by atoms with Gasteiger partial charge in [0.2, 0.25) is 0 Å². The van der Waals surface area contributed by atoms with Crippen molar-refractivity contribution in [3.05, 3.63) is 17.5 Å². The van der Waals surface area contributed by atoms with E-state index in [-0.39, 0.29) is 5.54 Å². The molecule has 0 amide bonds. The van der Waals surface area contributed by atoms with Gasteiger partial charge in [0.05, 0.1) is 18.9 Å². The molecule has 0 radical (unpaired) electrons. The van der Waals surface area contributed by atoms with Crippen LogP contribution in [0.4, 0.5) is 0 Å². The van der Waals surface area contributed by atoms with Crippen LogP contribution in [-0.2, 0) is 22.6 Å². The molecule has 1 aromatic heterocycles. The SMILES string of the molecule is CC(C)COCCOCc1cc(CNC(C)(C)C)no1. The molecule has 0 aromatic carbocycles. The van der Waals surface area contributed by atoms with Gasteiger partial charge >= 0.3 is 0 Å². The molecule has 5 heteroatoms. The Labute approximate surface area is 122 Å². The fraction of sp³-hybridized carbons (Fsp3) is 0.800. The van der Waals surface area contributed by atoms with Gasteiger partial charge in [-0.25, -0.2) is 0 Å². The summed E-state index contributed by atoms with van der Waals surface area (Å²) in [5.74, 6) is 1.31. The molecule has 0 saturated heterocycles. The highest BCUT2D eigenvalue weighted by Crippen LogP contribution is 2.07. The first-order valence-electron chi connectivity index (χ1n) is 7.22. The van der Waals surface area contributed by atoms with E-state index in [2.05, 4.69) is 45.1 Å². The minimum absolute atomic E-state index is 0.0728. The Bertz CT molecular complexity index is 369. The Kier molecular flexibility index (Phi) is 7.19. The van der Waals surface area contributed by atoms with Crippen LogP contribution in [-0.4, -0.2) is 30.5 Å². The minimum atomic E-state index is 0.0728. The van der Waals surface area contributed by atoms with Crippen molar-refractivity contribution < 1.29 is 14.0 Å². The quantitative estimate of drug-likeness (QED) is 0.707. The largest absolute Gasteiger partial charge is 0.379 e. The first kappa shape index (κ1) is 17.1. The fourth-order valence-corrected chi connectivity index (χ4v) is 1.47. The molecule has 20 heavy (non-hydrogen) atoms. The van der Waals surface area contributed by atoms with Crippen LogP contribution in [0.5, 0.6) is 0 Å². The van der Waals surface area contributed by atoms with Crippen molar-refractivity contribution in [1.29, 1.82) is 0 Å². The highest BCUT2D eigenvalue weighted by atomic mass is 16.5. The Morgan fingerprint density at radius 2 is 1.95 bits per heavy atom. The van der Waals surface area contributed by atoms with Gasteiger partial charge in [0.25, 0.3) is 0 Å². The van der Waals surface area contributed by atoms with Gasteiger partial charge in [-0.05, 0) is 26.7 Å². The molecule has 0 atom stereocenters. The predicted octanol–water partition coefficient (Wildman–Crippen LogP) is 2.75. The number of nitrogens with zero attached hydrogens (tertiary/aromatic N) is 1. The molecule has 0 saturated carbocycles. The van der Waals surface area contributed by atoms with Crippen LogP contribution in [0.25, 0.3) is 0 Å². The molecule has 0 unspecified atom stereocenters. The van der Waals surface area contributed by atoms with E-state index >= 15 is 0 Å². The second-order valence-electron chi connectivity index (χ2n) is 6.41. The third kappa shape index (κ3) is 8.30. The lowest BCUT2D eigenvalue weighted by Gasteiger charge is -2.19. The summed E-state index contributed by atoms with van der Waals surface area (Å²) in [5.41, 5.74) is 0.971.